The molecule has 6 heteroatoms. The van der Waals surface area contributed by atoms with Crippen molar-refractivity contribution in [1.82, 2.24) is 5.32 Å². The number of carboxylic acid groups (broad SMARTS) is 1. The lowest BCUT2D eigenvalue weighted by Gasteiger charge is -2.15. The minimum Gasteiger partial charge on any atom is -0.497 e. The smallest absolute Gasteiger partial charge is 0.322 e. The van der Waals surface area contributed by atoms with E-state index in [1.807, 2.05) is 0 Å². The Labute approximate surface area is 111 Å². The first-order valence-electron chi connectivity index (χ1n) is 6.04. The number of methoxy groups -OCH3 is 1. The fourth-order valence-corrected chi connectivity index (χ4v) is 2.05. The molecule has 2 N–H and O–H groups in total. The van der Waals surface area contributed by atoms with Crippen LogP contribution in [0, 0.1) is 0 Å². The van der Waals surface area contributed by atoms with Gasteiger partial charge in [-0.3, -0.25) is 9.69 Å². The zero-order valence-corrected chi connectivity index (χ0v) is 10.6. The molecule has 0 aliphatic carbocycles. The Bertz CT molecular complexity index is 472. The molecule has 1 aromatic rings. The lowest BCUT2D eigenvalue weighted by molar-refractivity contribution is -0.137. The first-order valence-corrected chi connectivity index (χ1v) is 6.04. The molecule has 2 rings (SSSR count). The number of hydrogen-bond acceptors (Lipinski definition) is 3. The fraction of sp³-hybridized carbons (Fsp3) is 0.385. The number of aliphatic carboxylic acids is 1. The molecule has 0 saturated carbocycles. The number of carbonyl (C=O) groups excluding carboxylic acids is 1. The van der Waals surface area contributed by atoms with Gasteiger partial charge in [-0.2, -0.15) is 0 Å². The van der Waals surface area contributed by atoms with Crippen LogP contribution in [0.2, 0.25) is 0 Å². The largest absolute Gasteiger partial charge is 0.497 e. The average Bonchev–Trinajstić information content (AvgIpc) is 2.78. The third-order valence-corrected chi connectivity index (χ3v) is 3.07. The molecule has 6 nitrogen and oxygen atoms in total. The van der Waals surface area contributed by atoms with Gasteiger partial charge in [-0.15, -0.1) is 0 Å². The van der Waals surface area contributed by atoms with Gasteiger partial charge in [-0.05, 0) is 30.7 Å². The lowest BCUT2D eigenvalue weighted by Crippen LogP contribution is -2.28. The van der Waals surface area contributed by atoms with Crippen molar-refractivity contribution < 1.29 is 19.4 Å². The summed E-state index contributed by atoms with van der Waals surface area (Å²) < 4.78 is 5.06. The van der Waals surface area contributed by atoms with Gasteiger partial charge in [0.25, 0.3) is 0 Å². The van der Waals surface area contributed by atoms with E-state index in [0.717, 1.165) is 11.4 Å². The average molecular weight is 264 g/mol. The first kappa shape index (κ1) is 13.2. The number of rotatable bonds is 5. The maximum absolute atomic E-state index is 11.8. The zero-order chi connectivity index (χ0) is 13.8. The Kier molecular flexibility index (Phi) is 3.89. The van der Waals surface area contributed by atoms with Crippen molar-refractivity contribution in [2.24, 2.45) is 0 Å². The summed E-state index contributed by atoms with van der Waals surface area (Å²) in [4.78, 5) is 23.9. The highest BCUT2D eigenvalue weighted by atomic mass is 16.5. The summed E-state index contributed by atoms with van der Waals surface area (Å²) in [5, 5.41) is 11.4. The van der Waals surface area contributed by atoms with Gasteiger partial charge in [0, 0.05) is 24.7 Å². The van der Waals surface area contributed by atoms with Crippen LogP contribution < -0.4 is 15.0 Å². The first-order chi connectivity index (χ1) is 9.10. The third kappa shape index (κ3) is 3.15. The number of nitrogens with zero attached hydrogens (tertiary/aromatic N) is 1. The van der Waals surface area contributed by atoms with Crippen LogP contribution >= 0.6 is 0 Å². The number of carboxylic acids is 1. The minimum absolute atomic E-state index is 0.0569. The highest BCUT2D eigenvalue weighted by Crippen LogP contribution is 2.22. The molecule has 0 aromatic heterocycles. The van der Waals surface area contributed by atoms with E-state index in [-0.39, 0.29) is 18.5 Å². The highest BCUT2D eigenvalue weighted by molar-refractivity contribution is 5.94. The van der Waals surface area contributed by atoms with E-state index < -0.39 is 5.97 Å². The molecule has 1 aliphatic rings. The van der Waals surface area contributed by atoms with E-state index in [0.29, 0.717) is 13.0 Å². The molecule has 1 saturated heterocycles. The van der Waals surface area contributed by atoms with Crippen molar-refractivity contribution >= 4 is 17.7 Å². The Morgan fingerprint density at radius 2 is 2.16 bits per heavy atom. The van der Waals surface area contributed by atoms with E-state index in [9.17, 15) is 9.59 Å². The summed E-state index contributed by atoms with van der Waals surface area (Å²) in [6.07, 6.45) is 0.495. The molecule has 2 amide bonds. The van der Waals surface area contributed by atoms with Crippen LogP contribution in [0.5, 0.6) is 5.75 Å². The quantitative estimate of drug-likeness (QED) is 0.843. The van der Waals surface area contributed by atoms with Crippen molar-refractivity contribution in [2.45, 2.75) is 18.9 Å². The van der Waals surface area contributed by atoms with Gasteiger partial charge in [0.05, 0.1) is 7.11 Å². The van der Waals surface area contributed by atoms with Gasteiger partial charge >= 0.3 is 12.0 Å². The lowest BCUT2D eigenvalue weighted by atomic mass is 10.1. The predicted molar refractivity (Wildman–Crippen MR) is 69.5 cm³/mol. The van der Waals surface area contributed by atoms with Gasteiger partial charge in [0.15, 0.2) is 0 Å². The molecular weight excluding hydrogens is 248 g/mol. The van der Waals surface area contributed by atoms with E-state index in [1.165, 1.54) is 0 Å². The molecule has 1 fully saturated rings. The molecule has 1 heterocycles. The minimum atomic E-state index is -0.850. The van der Waals surface area contributed by atoms with Crippen LogP contribution in [0.25, 0.3) is 0 Å². The van der Waals surface area contributed by atoms with Crippen molar-refractivity contribution in [1.29, 1.82) is 0 Å². The summed E-state index contributed by atoms with van der Waals surface area (Å²) >= 11 is 0. The van der Waals surface area contributed by atoms with E-state index in [2.05, 4.69) is 5.32 Å². The Morgan fingerprint density at radius 3 is 2.74 bits per heavy atom. The number of nitrogens with one attached hydrogen (secondary N) is 1. The van der Waals surface area contributed by atoms with Crippen molar-refractivity contribution in [3.8, 4) is 5.75 Å². The van der Waals surface area contributed by atoms with Crippen LogP contribution in [0.4, 0.5) is 10.5 Å². The third-order valence-electron chi connectivity index (χ3n) is 3.07. The molecule has 0 bridgehead atoms. The summed E-state index contributed by atoms with van der Waals surface area (Å²) in [5.74, 6) is -0.122. The molecule has 102 valence electrons. The van der Waals surface area contributed by atoms with E-state index >= 15 is 0 Å². The maximum atomic E-state index is 11.8. The molecule has 1 unspecified atom stereocenters. The highest BCUT2D eigenvalue weighted by Gasteiger charge is 2.29. The van der Waals surface area contributed by atoms with Crippen molar-refractivity contribution in [2.75, 3.05) is 18.6 Å². The Morgan fingerprint density at radius 1 is 1.47 bits per heavy atom. The second-order valence-corrected chi connectivity index (χ2v) is 4.39. The Hall–Kier alpha value is -2.24. The van der Waals surface area contributed by atoms with Gasteiger partial charge in [0.1, 0.15) is 5.75 Å². The van der Waals surface area contributed by atoms with Crippen LogP contribution in [-0.2, 0) is 4.79 Å². The molecule has 19 heavy (non-hydrogen) atoms. The summed E-state index contributed by atoms with van der Waals surface area (Å²) in [6, 6.07) is 6.86. The molecule has 1 atom stereocenters. The van der Waals surface area contributed by atoms with Crippen LogP contribution in [0.3, 0.4) is 0 Å². The standard InChI is InChI=1S/C13H16N2O4/c1-19-11-5-3-10(4-6-11)15-8-9(14-13(15)18)2-7-12(16)17/h3-6,9H,2,7-8H2,1H3,(H,14,18)(H,16,17). The summed E-state index contributed by atoms with van der Waals surface area (Å²) in [5.41, 5.74) is 0.774. The van der Waals surface area contributed by atoms with Gasteiger partial charge in [-0.25, -0.2) is 4.79 Å². The monoisotopic (exact) mass is 264 g/mol. The second-order valence-electron chi connectivity index (χ2n) is 4.39. The molecular formula is C13H16N2O4. The number of urea groups is 1. The number of hydrogen-bond donors (Lipinski definition) is 2. The van der Waals surface area contributed by atoms with Crippen LogP contribution in [0.1, 0.15) is 12.8 Å². The van der Waals surface area contributed by atoms with Gasteiger partial charge in [-0.1, -0.05) is 0 Å². The fourth-order valence-electron chi connectivity index (χ4n) is 2.05. The molecule has 0 spiro atoms. The van der Waals surface area contributed by atoms with Crippen molar-refractivity contribution in [3.05, 3.63) is 24.3 Å². The van der Waals surface area contributed by atoms with Gasteiger partial charge < -0.3 is 15.2 Å². The maximum Gasteiger partial charge on any atom is 0.322 e. The normalized spacial score (nSPS) is 18.3. The number of benzene rings is 1. The zero-order valence-electron chi connectivity index (χ0n) is 10.6. The number of anilines is 1. The number of ether oxygens (including phenoxy) is 1. The topological polar surface area (TPSA) is 78.9 Å². The Balaban J connectivity index is 2.00. The van der Waals surface area contributed by atoms with E-state index in [4.69, 9.17) is 9.84 Å². The number of carbonyl (C=O) groups is 2. The van der Waals surface area contributed by atoms with Crippen LogP contribution in [0.15, 0.2) is 24.3 Å². The second kappa shape index (κ2) is 5.60. The molecule has 0 radical (unpaired) electrons. The van der Waals surface area contributed by atoms with E-state index in [1.54, 1.807) is 36.3 Å². The number of amides is 2. The SMILES string of the molecule is COc1ccc(N2CC(CCC(=O)O)NC2=O)cc1. The van der Waals surface area contributed by atoms with Crippen LogP contribution in [-0.4, -0.2) is 36.8 Å². The van der Waals surface area contributed by atoms with Crippen molar-refractivity contribution in [3.63, 3.8) is 0 Å². The predicted octanol–water partition coefficient (Wildman–Crippen LogP) is 1.46. The molecule has 1 aromatic carbocycles. The van der Waals surface area contributed by atoms with Gasteiger partial charge in [0.2, 0.25) is 0 Å². The summed E-state index contributed by atoms with van der Waals surface area (Å²) in [6.45, 7) is 0.485. The summed E-state index contributed by atoms with van der Waals surface area (Å²) in [7, 11) is 1.58. The molecule has 1 aliphatic heterocycles.